The van der Waals surface area contributed by atoms with E-state index < -0.39 is 0 Å². The fourth-order valence-electron chi connectivity index (χ4n) is 1.25. The van der Waals surface area contributed by atoms with E-state index in [9.17, 15) is 4.79 Å². The van der Waals surface area contributed by atoms with Gasteiger partial charge in [-0.1, -0.05) is 0 Å². The highest BCUT2D eigenvalue weighted by molar-refractivity contribution is 5.75. The predicted molar refractivity (Wildman–Crippen MR) is 39.7 cm³/mol. The largest absolute Gasteiger partial charge is 0.468 e. The zero-order chi connectivity index (χ0) is 7.56. The van der Waals surface area contributed by atoms with E-state index in [1.807, 2.05) is 0 Å². The zero-order valence-corrected chi connectivity index (χ0v) is 6.39. The van der Waals surface area contributed by atoms with E-state index in [1.165, 1.54) is 7.11 Å². The monoisotopic (exact) mass is 145 g/mol. The lowest BCUT2D eigenvalue weighted by molar-refractivity contribution is -0.142. The molecule has 0 bridgehead atoms. The van der Waals surface area contributed by atoms with Gasteiger partial charge >= 0.3 is 5.97 Å². The van der Waals surface area contributed by atoms with Crippen LogP contribution in [0, 0.1) is 0 Å². The van der Waals surface area contributed by atoms with Gasteiger partial charge in [-0.05, 0) is 19.8 Å². The van der Waals surface area contributed by atoms with Crippen molar-refractivity contribution in [2.45, 2.75) is 31.8 Å². The lowest BCUT2D eigenvalue weighted by Gasteiger charge is -2.07. The molecule has 1 aliphatic rings. The van der Waals surface area contributed by atoms with Gasteiger partial charge < -0.3 is 10.1 Å². The molecular weight excluding hydrogens is 130 g/mol. The van der Waals surface area contributed by atoms with Crippen molar-refractivity contribution >= 4 is 5.97 Å². The van der Waals surface area contributed by atoms with Crippen LogP contribution in [-0.2, 0) is 9.53 Å². The Morgan fingerprint density at radius 3 is 2.80 bits per heavy atom. The normalized spacial score (nSPS) is 32.2. The van der Waals surface area contributed by atoms with Crippen molar-refractivity contribution in [1.82, 2.24) is 5.32 Å². The van der Waals surface area contributed by atoms with Gasteiger partial charge in [-0.25, -0.2) is 0 Å². The average Bonchev–Trinajstić information content (AvgIpc) is 2.34. The molecule has 1 saturated heterocycles. The van der Waals surface area contributed by atoms with Crippen LogP contribution in [0.5, 0.6) is 0 Å². The van der Waals surface area contributed by atoms with Gasteiger partial charge in [-0.2, -0.15) is 0 Å². The van der Waals surface area contributed by atoms with Crippen LogP contribution in [0.15, 0.2) is 0 Å². The van der Waals surface area contributed by atoms with E-state index in [-0.39, 0.29) is 13.4 Å². The Labute approximate surface area is 62.2 Å². The van der Waals surface area contributed by atoms with Crippen LogP contribution in [0.1, 0.15) is 21.2 Å². The van der Waals surface area contributed by atoms with Crippen LogP contribution < -0.4 is 5.32 Å². The summed E-state index contributed by atoms with van der Waals surface area (Å²) in [6.45, 7) is 2.07. The molecule has 0 amide bonds. The number of hydrogen-bond donors (Lipinski definition) is 1. The maximum absolute atomic E-state index is 10.9. The van der Waals surface area contributed by atoms with Crippen LogP contribution >= 0.6 is 0 Å². The van der Waals surface area contributed by atoms with Crippen molar-refractivity contribution in [3.8, 4) is 0 Å². The molecule has 2 atom stereocenters. The van der Waals surface area contributed by atoms with E-state index in [0.717, 1.165) is 12.8 Å². The van der Waals surface area contributed by atoms with Crippen LogP contribution in [-0.4, -0.2) is 25.2 Å². The molecule has 0 aromatic heterocycles. The van der Waals surface area contributed by atoms with Crippen LogP contribution in [0.2, 0.25) is 0 Å². The van der Waals surface area contributed by atoms with Gasteiger partial charge in [0, 0.05) is 7.47 Å². The van der Waals surface area contributed by atoms with Gasteiger partial charge in [0.05, 0.1) is 7.11 Å². The topological polar surface area (TPSA) is 38.3 Å². The molecule has 1 rings (SSSR count). The molecule has 1 aliphatic heterocycles. The number of methoxy groups -OCH3 is 1. The molecule has 60 valence electrons. The molecule has 0 unspecified atom stereocenters. The van der Waals surface area contributed by atoms with Crippen molar-refractivity contribution in [1.29, 1.82) is 0 Å². The van der Waals surface area contributed by atoms with E-state index >= 15 is 0 Å². The van der Waals surface area contributed by atoms with E-state index in [1.54, 1.807) is 0 Å². The Balaban J connectivity index is 0.000001000. The second-order valence-electron chi connectivity index (χ2n) is 2.72. The molecular formula is C7H15NO2. The minimum Gasteiger partial charge on any atom is -0.468 e. The lowest BCUT2D eigenvalue weighted by atomic mass is 10.2. The van der Waals surface area contributed by atoms with Gasteiger partial charge in [0.1, 0.15) is 6.04 Å². The van der Waals surface area contributed by atoms with E-state index in [0.29, 0.717) is 6.04 Å². The van der Waals surface area contributed by atoms with E-state index in [4.69, 9.17) is 0 Å². The highest BCUT2D eigenvalue weighted by atomic mass is 16.5. The summed E-state index contributed by atoms with van der Waals surface area (Å²) in [5.74, 6) is -0.135. The second kappa shape index (κ2) is 3.01. The van der Waals surface area contributed by atoms with Crippen molar-refractivity contribution in [2.75, 3.05) is 7.11 Å². The van der Waals surface area contributed by atoms with Crippen LogP contribution in [0.3, 0.4) is 0 Å². The summed E-state index contributed by atoms with van der Waals surface area (Å²) in [5.41, 5.74) is 0. The molecule has 0 aromatic rings. The maximum atomic E-state index is 10.9. The smallest absolute Gasteiger partial charge is 0.322 e. The zero-order valence-electron chi connectivity index (χ0n) is 6.39. The average molecular weight is 145 g/mol. The number of carbonyl (C=O) groups is 1. The SMILES string of the molecule is COC(=O)[C@@H]1CC[C@@H](C)N1.[HH]. The molecule has 10 heavy (non-hydrogen) atoms. The molecule has 0 radical (unpaired) electrons. The Hall–Kier alpha value is -0.570. The van der Waals surface area contributed by atoms with Gasteiger partial charge in [0.15, 0.2) is 0 Å². The minimum atomic E-state index is -0.135. The third kappa shape index (κ3) is 1.48. The molecule has 0 spiro atoms. The molecule has 1 heterocycles. The number of hydrogen-bond acceptors (Lipinski definition) is 3. The molecule has 0 aromatic carbocycles. The fraction of sp³-hybridized carbons (Fsp3) is 0.857. The number of ether oxygens (including phenoxy) is 1. The first kappa shape index (κ1) is 7.54. The second-order valence-corrected chi connectivity index (χ2v) is 2.72. The Morgan fingerprint density at radius 1 is 1.70 bits per heavy atom. The summed E-state index contributed by atoms with van der Waals surface area (Å²) < 4.78 is 4.58. The van der Waals surface area contributed by atoms with Crippen LogP contribution in [0.25, 0.3) is 0 Å². The standard InChI is InChI=1S/C7H13NO2.H2/c1-5-3-4-6(8-5)7(9)10-2;/h5-6,8H,3-4H2,1-2H3;1H/t5-,6+;/m1./s1. The summed E-state index contributed by atoms with van der Waals surface area (Å²) in [4.78, 5) is 10.9. The summed E-state index contributed by atoms with van der Waals surface area (Å²) in [7, 11) is 1.42. The summed E-state index contributed by atoms with van der Waals surface area (Å²) >= 11 is 0. The van der Waals surface area contributed by atoms with Gasteiger partial charge in [0.25, 0.3) is 0 Å². The summed E-state index contributed by atoms with van der Waals surface area (Å²) in [6, 6.07) is 0.407. The van der Waals surface area contributed by atoms with Gasteiger partial charge in [0.2, 0.25) is 0 Å². The van der Waals surface area contributed by atoms with Crippen molar-refractivity contribution < 1.29 is 11.0 Å². The highest BCUT2D eigenvalue weighted by Crippen LogP contribution is 2.11. The summed E-state index contributed by atoms with van der Waals surface area (Å²) in [5, 5.41) is 3.13. The predicted octanol–water partition coefficient (Wildman–Crippen LogP) is 0.546. The van der Waals surface area contributed by atoms with Gasteiger partial charge in [-0.15, -0.1) is 0 Å². The Kier molecular flexibility index (Phi) is 2.27. The molecule has 1 fully saturated rings. The highest BCUT2D eigenvalue weighted by Gasteiger charge is 2.26. The van der Waals surface area contributed by atoms with Crippen molar-refractivity contribution in [2.24, 2.45) is 0 Å². The van der Waals surface area contributed by atoms with E-state index in [2.05, 4.69) is 17.0 Å². The first-order valence-electron chi connectivity index (χ1n) is 3.58. The van der Waals surface area contributed by atoms with Crippen LogP contribution in [0.4, 0.5) is 0 Å². The lowest BCUT2D eigenvalue weighted by Crippen LogP contribution is -2.34. The third-order valence-corrected chi connectivity index (χ3v) is 1.86. The number of carbonyl (C=O) groups excluding carboxylic acids is 1. The molecule has 0 saturated carbocycles. The first-order chi connectivity index (χ1) is 4.74. The molecule has 3 heteroatoms. The first-order valence-corrected chi connectivity index (χ1v) is 3.58. The molecule has 1 N–H and O–H groups in total. The quantitative estimate of drug-likeness (QED) is 0.547. The van der Waals surface area contributed by atoms with Crippen molar-refractivity contribution in [3.63, 3.8) is 0 Å². The number of esters is 1. The third-order valence-electron chi connectivity index (χ3n) is 1.86. The number of nitrogens with one attached hydrogen (secondary N) is 1. The summed E-state index contributed by atoms with van der Waals surface area (Å²) in [6.07, 6.45) is 1.98. The Morgan fingerprint density at radius 2 is 2.40 bits per heavy atom. The number of rotatable bonds is 1. The van der Waals surface area contributed by atoms with Crippen molar-refractivity contribution in [3.05, 3.63) is 0 Å². The maximum Gasteiger partial charge on any atom is 0.322 e. The Bertz CT molecular complexity index is 140. The fourth-order valence-corrected chi connectivity index (χ4v) is 1.25. The molecule has 3 nitrogen and oxygen atoms in total. The minimum absolute atomic E-state index is 0. The molecule has 0 aliphatic carbocycles. The van der Waals surface area contributed by atoms with Gasteiger partial charge in [-0.3, -0.25) is 4.79 Å².